The summed E-state index contributed by atoms with van der Waals surface area (Å²) in [5, 5.41) is 2.74. The van der Waals surface area contributed by atoms with E-state index in [1.165, 1.54) is 12.1 Å². The second kappa shape index (κ2) is 7.11. The summed E-state index contributed by atoms with van der Waals surface area (Å²) in [4.78, 5) is 27.0. The largest absolute Gasteiger partial charge is 0.441 e. The van der Waals surface area contributed by atoms with Crippen LogP contribution in [0.4, 0.5) is 9.18 Å². The Hall–Kier alpha value is -2.15. The average Bonchev–Trinajstić information content (AvgIpc) is 2.93. The molecule has 0 saturated carbocycles. The number of benzene rings is 1. The second-order valence-electron chi connectivity index (χ2n) is 7.77. The first-order valence-electron chi connectivity index (χ1n) is 9.63. The number of nitrogens with zero attached hydrogens (tertiary/aromatic N) is 1. The van der Waals surface area contributed by atoms with Crippen LogP contribution in [0.5, 0.6) is 0 Å². The van der Waals surface area contributed by atoms with Crippen molar-refractivity contribution in [1.29, 1.82) is 0 Å². The van der Waals surface area contributed by atoms with Gasteiger partial charge in [0.15, 0.2) is 0 Å². The third kappa shape index (κ3) is 3.40. The zero-order valence-electron chi connectivity index (χ0n) is 15.3. The first-order chi connectivity index (χ1) is 13.0. The van der Waals surface area contributed by atoms with Crippen LogP contribution >= 0.6 is 0 Å². The summed E-state index contributed by atoms with van der Waals surface area (Å²) < 4.78 is 24.4. The molecule has 0 unspecified atom stereocenters. The van der Waals surface area contributed by atoms with E-state index < -0.39 is 11.0 Å². The lowest BCUT2D eigenvalue weighted by molar-refractivity contribution is -0.141. The van der Waals surface area contributed by atoms with Gasteiger partial charge in [-0.05, 0) is 43.4 Å². The van der Waals surface area contributed by atoms with E-state index in [1.807, 2.05) is 4.90 Å². The highest BCUT2D eigenvalue weighted by Crippen LogP contribution is 2.38. The predicted molar refractivity (Wildman–Crippen MR) is 95.8 cm³/mol. The van der Waals surface area contributed by atoms with Crippen molar-refractivity contribution in [1.82, 2.24) is 10.2 Å². The van der Waals surface area contributed by atoms with E-state index in [2.05, 4.69) is 5.32 Å². The molecule has 1 N–H and O–H groups in total. The maximum Gasteiger partial charge on any atom is 0.407 e. The van der Waals surface area contributed by atoms with Crippen LogP contribution in [0, 0.1) is 5.82 Å². The number of nitrogens with one attached hydrogen (secondary N) is 1. The van der Waals surface area contributed by atoms with E-state index in [1.54, 1.807) is 12.1 Å². The van der Waals surface area contributed by atoms with Crippen LogP contribution in [0.1, 0.15) is 37.7 Å². The van der Waals surface area contributed by atoms with Crippen molar-refractivity contribution in [3.8, 4) is 0 Å². The fourth-order valence-corrected chi connectivity index (χ4v) is 4.57. The second-order valence-corrected chi connectivity index (χ2v) is 7.77. The fourth-order valence-electron chi connectivity index (χ4n) is 4.57. The number of halogens is 1. The average molecular weight is 376 g/mol. The predicted octanol–water partition coefficient (Wildman–Crippen LogP) is 2.37. The summed E-state index contributed by atoms with van der Waals surface area (Å²) in [5.74, 6) is -0.229. The van der Waals surface area contributed by atoms with Crippen molar-refractivity contribution in [2.24, 2.45) is 0 Å². The first kappa shape index (κ1) is 18.2. The van der Waals surface area contributed by atoms with E-state index in [0.717, 1.165) is 18.4 Å². The van der Waals surface area contributed by atoms with E-state index in [0.29, 0.717) is 52.1 Å². The van der Waals surface area contributed by atoms with Gasteiger partial charge in [-0.2, -0.15) is 0 Å². The van der Waals surface area contributed by atoms with Gasteiger partial charge in [0.25, 0.3) is 0 Å². The van der Waals surface area contributed by atoms with E-state index >= 15 is 0 Å². The molecule has 2 amide bonds. The summed E-state index contributed by atoms with van der Waals surface area (Å²) in [7, 11) is 0. The molecule has 27 heavy (non-hydrogen) atoms. The summed E-state index contributed by atoms with van der Waals surface area (Å²) in [6, 6.07) is 6.28. The van der Waals surface area contributed by atoms with Crippen molar-refractivity contribution >= 4 is 12.0 Å². The molecule has 3 aliphatic rings. The number of carbonyl (C=O) groups excluding carboxylic acids is 2. The lowest BCUT2D eigenvalue weighted by Gasteiger charge is -2.40. The Balaban J connectivity index is 1.56. The zero-order valence-corrected chi connectivity index (χ0v) is 15.3. The first-order valence-corrected chi connectivity index (χ1v) is 9.63. The number of hydrogen-bond acceptors (Lipinski definition) is 4. The molecular formula is C20H25FN2O4. The van der Waals surface area contributed by atoms with Gasteiger partial charge >= 0.3 is 6.09 Å². The molecule has 3 saturated heterocycles. The minimum Gasteiger partial charge on any atom is -0.441 e. The van der Waals surface area contributed by atoms with Crippen molar-refractivity contribution in [3.05, 3.63) is 35.6 Å². The van der Waals surface area contributed by atoms with Crippen molar-refractivity contribution < 1.29 is 23.5 Å². The maximum absolute atomic E-state index is 13.6. The normalized spacial score (nSPS) is 27.7. The Labute approximate surface area is 158 Å². The molecule has 0 bridgehead atoms. The highest BCUT2D eigenvalue weighted by molar-refractivity contribution is 5.88. The fraction of sp³-hybridized carbons (Fsp3) is 0.600. The number of likely N-dealkylation sites (tertiary alicyclic amines) is 1. The van der Waals surface area contributed by atoms with Gasteiger partial charge in [0.05, 0.1) is 12.0 Å². The van der Waals surface area contributed by atoms with Gasteiger partial charge < -0.3 is 19.7 Å². The van der Waals surface area contributed by atoms with Gasteiger partial charge in [-0.1, -0.05) is 12.1 Å². The van der Waals surface area contributed by atoms with Crippen LogP contribution in [-0.2, 0) is 19.7 Å². The summed E-state index contributed by atoms with van der Waals surface area (Å²) in [5.41, 5.74) is -0.316. The topological polar surface area (TPSA) is 67.9 Å². The van der Waals surface area contributed by atoms with E-state index in [-0.39, 0.29) is 17.8 Å². The van der Waals surface area contributed by atoms with Crippen LogP contribution in [0.15, 0.2) is 24.3 Å². The summed E-state index contributed by atoms with van der Waals surface area (Å²) in [6.45, 7) is 2.73. The van der Waals surface area contributed by atoms with Crippen LogP contribution in [0.2, 0.25) is 0 Å². The Morgan fingerprint density at radius 2 is 1.81 bits per heavy atom. The summed E-state index contributed by atoms with van der Waals surface area (Å²) >= 11 is 0. The smallest absolute Gasteiger partial charge is 0.407 e. The number of amides is 2. The van der Waals surface area contributed by atoms with Gasteiger partial charge in [0, 0.05) is 32.7 Å². The van der Waals surface area contributed by atoms with Gasteiger partial charge in [-0.3, -0.25) is 4.79 Å². The SMILES string of the molecule is O=C1NC[C@@]2(CCCN(C(=O)C3(c4ccc(F)cc4)CCOCC3)CC2)O1. The lowest BCUT2D eigenvalue weighted by Crippen LogP contribution is -2.50. The number of ether oxygens (including phenoxy) is 2. The van der Waals surface area contributed by atoms with Crippen LogP contribution in [0.25, 0.3) is 0 Å². The molecule has 0 radical (unpaired) electrons. The minimum absolute atomic E-state index is 0.0757. The molecule has 146 valence electrons. The van der Waals surface area contributed by atoms with Crippen molar-refractivity contribution in [3.63, 3.8) is 0 Å². The molecule has 1 spiro atoms. The van der Waals surface area contributed by atoms with Gasteiger partial charge in [-0.15, -0.1) is 0 Å². The Morgan fingerprint density at radius 1 is 1.07 bits per heavy atom. The third-order valence-electron chi connectivity index (χ3n) is 6.20. The molecule has 0 aromatic heterocycles. The molecule has 7 heteroatoms. The van der Waals surface area contributed by atoms with Crippen LogP contribution < -0.4 is 5.32 Å². The molecule has 3 heterocycles. The molecule has 1 atom stereocenters. The third-order valence-corrected chi connectivity index (χ3v) is 6.20. The molecule has 3 fully saturated rings. The van der Waals surface area contributed by atoms with E-state index in [9.17, 15) is 14.0 Å². The molecule has 0 aliphatic carbocycles. The van der Waals surface area contributed by atoms with Gasteiger partial charge in [0.2, 0.25) is 5.91 Å². The number of alkyl carbamates (subject to hydrolysis) is 1. The van der Waals surface area contributed by atoms with Gasteiger partial charge in [-0.25, -0.2) is 9.18 Å². The quantitative estimate of drug-likeness (QED) is 0.861. The molecule has 4 rings (SSSR count). The maximum atomic E-state index is 13.6. The zero-order chi connectivity index (χ0) is 18.9. The molecule has 3 aliphatic heterocycles. The highest BCUT2D eigenvalue weighted by Gasteiger charge is 2.47. The van der Waals surface area contributed by atoms with Crippen molar-refractivity contribution in [2.75, 3.05) is 32.8 Å². The standard InChI is InChI=1S/C20H25FN2O4/c21-16-4-2-15(3-5-16)20(8-12-26-13-9-20)17(24)23-10-1-6-19(7-11-23)14-22-18(25)27-19/h2-5H,1,6-14H2,(H,22,25)/t19-/m0/s1. The lowest BCUT2D eigenvalue weighted by atomic mass is 9.73. The monoisotopic (exact) mass is 376 g/mol. The van der Waals surface area contributed by atoms with Gasteiger partial charge in [0.1, 0.15) is 11.4 Å². The number of carbonyl (C=O) groups is 2. The molecule has 1 aromatic rings. The van der Waals surface area contributed by atoms with Crippen LogP contribution in [-0.4, -0.2) is 55.3 Å². The summed E-state index contributed by atoms with van der Waals surface area (Å²) in [6.07, 6.45) is 2.99. The highest BCUT2D eigenvalue weighted by atomic mass is 19.1. The van der Waals surface area contributed by atoms with Crippen LogP contribution in [0.3, 0.4) is 0 Å². The molecule has 1 aromatic carbocycles. The number of hydrogen-bond donors (Lipinski definition) is 1. The molecular weight excluding hydrogens is 351 g/mol. The van der Waals surface area contributed by atoms with Crippen molar-refractivity contribution in [2.45, 2.75) is 43.1 Å². The molecule has 6 nitrogen and oxygen atoms in total. The Morgan fingerprint density at radius 3 is 2.48 bits per heavy atom. The Kier molecular flexibility index (Phi) is 4.80. The Bertz CT molecular complexity index is 717. The number of rotatable bonds is 2. The minimum atomic E-state index is -0.673. The van der Waals surface area contributed by atoms with E-state index in [4.69, 9.17) is 9.47 Å².